The molecule has 0 bridgehead atoms. The minimum Gasteiger partial charge on any atom is -0.353 e. The summed E-state index contributed by atoms with van der Waals surface area (Å²) in [4.78, 5) is 10.9. The second-order valence-corrected chi connectivity index (χ2v) is 4.05. The summed E-state index contributed by atoms with van der Waals surface area (Å²) < 4.78 is 13.0. The van der Waals surface area contributed by atoms with Crippen LogP contribution in [0.1, 0.15) is 24.5 Å². The molecular weight excluding hydrogens is 193 g/mol. The van der Waals surface area contributed by atoms with Gasteiger partial charge in [0.2, 0.25) is 5.91 Å². The monoisotopic (exact) mass is 207 g/mol. The summed E-state index contributed by atoms with van der Waals surface area (Å²) in [6, 6.07) is 5.08. The lowest BCUT2D eigenvalue weighted by molar-refractivity contribution is -0.119. The number of aryl methyl sites for hydroxylation is 1. The van der Waals surface area contributed by atoms with Gasteiger partial charge in [0.05, 0.1) is 0 Å². The number of fused-ring (bicyclic) bond motifs is 1. The Hall–Kier alpha value is -1.38. The Morgan fingerprint density at radius 3 is 3.00 bits per heavy atom. The summed E-state index contributed by atoms with van der Waals surface area (Å²) in [6.07, 6.45) is 2.60. The Morgan fingerprint density at radius 2 is 2.27 bits per heavy atom. The SMILES string of the molecule is CC(=O)NC1CCc2ccc(F)cc2C1. The van der Waals surface area contributed by atoms with Crippen molar-refractivity contribution in [3.8, 4) is 0 Å². The maximum absolute atomic E-state index is 13.0. The van der Waals surface area contributed by atoms with Gasteiger partial charge in [-0.15, -0.1) is 0 Å². The molecule has 3 heteroatoms. The van der Waals surface area contributed by atoms with Crippen molar-refractivity contribution in [1.29, 1.82) is 0 Å². The van der Waals surface area contributed by atoms with Crippen LogP contribution in [0.3, 0.4) is 0 Å². The highest BCUT2D eigenvalue weighted by Crippen LogP contribution is 2.22. The van der Waals surface area contributed by atoms with E-state index in [0.717, 1.165) is 24.8 Å². The molecule has 0 fully saturated rings. The zero-order chi connectivity index (χ0) is 10.8. The third-order valence-corrected chi connectivity index (χ3v) is 2.80. The largest absolute Gasteiger partial charge is 0.353 e. The average Bonchev–Trinajstić information content (AvgIpc) is 2.16. The average molecular weight is 207 g/mol. The first-order chi connectivity index (χ1) is 7.15. The van der Waals surface area contributed by atoms with Crippen LogP contribution in [0.5, 0.6) is 0 Å². The van der Waals surface area contributed by atoms with Gasteiger partial charge in [-0.3, -0.25) is 4.79 Å². The molecule has 0 spiro atoms. The van der Waals surface area contributed by atoms with Crippen molar-refractivity contribution >= 4 is 5.91 Å². The molecule has 1 amide bonds. The van der Waals surface area contributed by atoms with Gasteiger partial charge in [0, 0.05) is 13.0 Å². The minimum atomic E-state index is -0.197. The fraction of sp³-hybridized carbons (Fsp3) is 0.417. The van der Waals surface area contributed by atoms with Gasteiger partial charge < -0.3 is 5.32 Å². The number of amides is 1. The van der Waals surface area contributed by atoms with E-state index in [4.69, 9.17) is 0 Å². The number of hydrogen-bond acceptors (Lipinski definition) is 1. The number of rotatable bonds is 1. The molecule has 0 radical (unpaired) electrons. The van der Waals surface area contributed by atoms with Gasteiger partial charge in [0.25, 0.3) is 0 Å². The first kappa shape index (κ1) is 10.1. The highest BCUT2D eigenvalue weighted by atomic mass is 19.1. The van der Waals surface area contributed by atoms with Crippen molar-refractivity contribution in [2.45, 2.75) is 32.2 Å². The van der Waals surface area contributed by atoms with Crippen molar-refractivity contribution in [2.75, 3.05) is 0 Å². The van der Waals surface area contributed by atoms with E-state index >= 15 is 0 Å². The fourth-order valence-corrected chi connectivity index (χ4v) is 2.14. The van der Waals surface area contributed by atoms with Crippen LogP contribution in [0.2, 0.25) is 0 Å². The van der Waals surface area contributed by atoms with Crippen molar-refractivity contribution in [3.05, 3.63) is 35.1 Å². The van der Waals surface area contributed by atoms with Gasteiger partial charge in [0.1, 0.15) is 5.82 Å². The Balaban J connectivity index is 2.14. The molecule has 0 saturated carbocycles. The molecule has 80 valence electrons. The highest BCUT2D eigenvalue weighted by Gasteiger charge is 2.19. The molecule has 2 nitrogen and oxygen atoms in total. The summed E-state index contributed by atoms with van der Waals surface area (Å²) in [7, 11) is 0. The van der Waals surface area contributed by atoms with Crippen LogP contribution in [0, 0.1) is 5.82 Å². The van der Waals surface area contributed by atoms with Gasteiger partial charge >= 0.3 is 0 Å². The first-order valence-electron chi connectivity index (χ1n) is 5.19. The van der Waals surface area contributed by atoms with Gasteiger partial charge in [-0.05, 0) is 42.5 Å². The van der Waals surface area contributed by atoms with E-state index in [9.17, 15) is 9.18 Å². The number of halogens is 1. The molecule has 1 N–H and O–H groups in total. The molecule has 2 rings (SSSR count). The third-order valence-electron chi connectivity index (χ3n) is 2.80. The molecule has 1 atom stereocenters. The summed E-state index contributed by atoms with van der Waals surface area (Å²) in [6.45, 7) is 1.51. The van der Waals surface area contributed by atoms with Crippen molar-refractivity contribution in [1.82, 2.24) is 5.32 Å². The van der Waals surface area contributed by atoms with Crippen molar-refractivity contribution in [2.24, 2.45) is 0 Å². The highest BCUT2D eigenvalue weighted by molar-refractivity contribution is 5.73. The summed E-state index contributed by atoms with van der Waals surface area (Å²) >= 11 is 0. The molecule has 1 aromatic rings. The predicted molar refractivity (Wildman–Crippen MR) is 56.0 cm³/mol. The molecule has 1 aliphatic carbocycles. The molecule has 0 heterocycles. The molecule has 1 unspecified atom stereocenters. The van der Waals surface area contributed by atoms with E-state index in [2.05, 4.69) is 5.32 Å². The lowest BCUT2D eigenvalue weighted by Gasteiger charge is -2.25. The normalized spacial score (nSPS) is 19.5. The molecule has 1 aromatic carbocycles. The van der Waals surface area contributed by atoms with Crippen LogP contribution in [0.4, 0.5) is 4.39 Å². The number of carbonyl (C=O) groups is 1. The minimum absolute atomic E-state index is 0.0140. The Kier molecular flexibility index (Phi) is 2.71. The van der Waals surface area contributed by atoms with Gasteiger partial charge in [-0.25, -0.2) is 4.39 Å². The van der Waals surface area contributed by atoms with Gasteiger partial charge in [0.15, 0.2) is 0 Å². The second-order valence-electron chi connectivity index (χ2n) is 4.05. The van der Waals surface area contributed by atoms with E-state index in [0.29, 0.717) is 0 Å². The van der Waals surface area contributed by atoms with Crippen LogP contribution in [0.15, 0.2) is 18.2 Å². The topological polar surface area (TPSA) is 29.1 Å². The third kappa shape index (κ3) is 2.35. The predicted octanol–water partition coefficient (Wildman–Crippen LogP) is 1.82. The Morgan fingerprint density at radius 1 is 1.47 bits per heavy atom. The summed E-state index contributed by atoms with van der Waals surface area (Å²) in [5.74, 6) is -0.211. The van der Waals surface area contributed by atoms with Crippen LogP contribution >= 0.6 is 0 Å². The number of carbonyl (C=O) groups excluding carboxylic acids is 1. The van der Waals surface area contributed by atoms with Gasteiger partial charge in [-0.1, -0.05) is 6.07 Å². The molecular formula is C12H14FNO. The van der Waals surface area contributed by atoms with E-state index in [1.165, 1.54) is 18.6 Å². The van der Waals surface area contributed by atoms with E-state index in [1.54, 1.807) is 6.07 Å². The Labute approximate surface area is 88.5 Å². The smallest absolute Gasteiger partial charge is 0.217 e. The van der Waals surface area contributed by atoms with E-state index in [-0.39, 0.29) is 17.8 Å². The number of nitrogens with one attached hydrogen (secondary N) is 1. The van der Waals surface area contributed by atoms with E-state index in [1.807, 2.05) is 6.07 Å². The molecule has 0 saturated heterocycles. The Bertz CT molecular complexity index is 389. The molecule has 1 aliphatic rings. The molecule has 0 aromatic heterocycles. The van der Waals surface area contributed by atoms with Crippen LogP contribution in [0.25, 0.3) is 0 Å². The van der Waals surface area contributed by atoms with Crippen molar-refractivity contribution < 1.29 is 9.18 Å². The second kappa shape index (κ2) is 4.01. The lowest BCUT2D eigenvalue weighted by Crippen LogP contribution is -2.37. The molecule has 0 aliphatic heterocycles. The van der Waals surface area contributed by atoms with Crippen molar-refractivity contribution in [3.63, 3.8) is 0 Å². The zero-order valence-corrected chi connectivity index (χ0v) is 8.72. The van der Waals surface area contributed by atoms with Crippen LogP contribution in [-0.2, 0) is 17.6 Å². The summed E-state index contributed by atoms with van der Waals surface area (Å²) in [5, 5.41) is 2.88. The summed E-state index contributed by atoms with van der Waals surface area (Å²) in [5.41, 5.74) is 2.23. The first-order valence-corrected chi connectivity index (χ1v) is 5.19. The number of hydrogen-bond donors (Lipinski definition) is 1. The zero-order valence-electron chi connectivity index (χ0n) is 8.72. The van der Waals surface area contributed by atoms with Gasteiger partial charge in [-0.2, -0.15) is 0 Å². The molecule has 15 heavy (non-hydrogen) atoms. The lowest BCUT2D eigenvalue weighted by atomic mass is 9.88. The maximum atomic E-state index is 13.0. The fourth-order valence-electron chi connectivity index (χ4n) is 2.14. The van der Waals surface area contributed by atoms with Crippen LogP contribution in [-0.4, -0.2) is 11.9 Å². The quantitative estimate of drug-likeness (QED) is 0.747. The standard InChI is InChI=1S/C12H14FNO/c1-8(15)14-12-5-3-9-2-4-11(13)6-10(9)7-12/h2,4,6,12H,3,5,7H2,1H3,(H,14,15). The van der Waals surface area contributed by atoms with Crippen LogP contribution < -0.4 is 5.32 Å². The van der Waals surface area contributed by atoms with E-state index < -0.39 is 0 Å². The maximum Gasteiger partial charge on any atom is 0.217 e. The number of benzene rings is 1.